The average Bonchev–Trinajstić information content (AvgIpc) is 2.66. The Morgan fingerprint density at radius 3 is 2.62 bits per heavy atom. The van der Waals surface area contributed by atoms with Gasteiger partial charge in [-0.2, -0.15) is 0 Å². The van der Waals surface area contributed by atoms with Gasteiger partial charge in [-0.05, 0) is 50.7 Å². The van der Waals surface area contributed by atoms with Crippen LogP contribution in [0.5, 0.6) is 0 Å². The SMILES string of the molecule is Cc1ccc(C2NC(C)C(=O)N2CCCC(C)C)c(C)c1. The fourth-order valence-electron chi connectivity index (χ4n) is 3.07. The second kappa shape index (κ2) is 6.61. The summed E-state index contributed by atoms with van der Waals surface area (Å²) in [7, 11) is 0. The average molecular weight is 288 g/mol. The van der Waals surface area contributed by atoms with Gasteiger partial charge in [0.25, 0.3) is 0 Å². The maximum absolute atomic E-state index is 12.4. The lowest BCUT2D eigenvalue weighted by Crippen LogP contribution is -2.32. The Kier molecular flexibility index (Phi) is 5.04. The molecule has 1 fully saturated rings. The molecule has 1 N–H and O–H groups in total. The molecule has 0 aromatic heterocycles. The molecular weight excluding hydrogens is 260 g/mol. The molecule has 116 valence electrons. The summed E-state index contributed by atoms with van der Waals surface area (Å²) in [6, 6.07) is 6.39. The number of aryl methyl sites for hydroxylation is 2. The lowest BCUT2D eigenvalue weighted by atomic mass is 10.0. The topological polar surface area (TPSA) is 32.3 Å². The highest BCUT2D eigenvalue weighted by molar-refractivity contribution is 5.84. The first-order valence-electron chi connectivity index (χ1n) is 8.04. The van der Waals surface area contributed by atoms with Crippen LogP contribution in [0.3, 0.4) is 0 Å². The predicted octanol–water partition coefficient (Wildman–Crippen LogP) is 3.56. The lowest BCUT2D eigenvalue weighted by molar-refractivity contribution is -0.129. The molecule has 0 saturated carbocycles. The smallest absolute Gasteiger partial charge is 0.241 e. The summed E-state index contributed by atoms with van der Waals surface area (Å²) in [4.78, 5) is 14.4. The Morgan fingerprint density at radius 1 is 1.29 bits per heavy atom. The van der Waals surface area contributed by atoms with Crippen LogP contribution in [0.2, 0.25) is 0 Å². The first-order chi connectivity index (χ1) is 9.90. The van der Waals surface area contributed by atoms with E-state index >= 15 is 0 Å². The molecule has 1 aromatic rings. The molecule has 2 unspecified atom stereocenters. The van der Waals surface area contributed by atoms with E-state index in [9.17, 15) is 4.79 Å². The Labute approximate surface area is 128 Å². The second-order valence-electron chi connectivity index (χ2n) is 6.72. The third-order valence-corrected chi connectivity index (χ3v) is 4.27. The first-order valence-corrected chi connectivity index (χ1v) is 8.04. The minimum Gasteiger partial charge on any atom is -0.322 e. The van der Waals surface area contributed by atoms with Crippen LogP contribution >= 0.6 is 0 Å². The Hall–Kier alpha value is -1.35. The summed E-state index contributed by atoms with van der Waals surface area (Å²) < 4.78 is 0. The molecule has 0 bridgehead atoms. The number of hydrogen-bond acceptors (Lipinski definition) is 2. The first kappa shape index (κ1) is 16.0. The van der Waals surface area contributed by atoms with Gasteiger partial charge in [-0.25, -0.2) is 0 Å². The van der Waals surface area contributed by atoms with Gasteiger partial charge in [0.1, 0.15) is 6.17 Å². The molecule has 1 aliphatic rings. The lowest BCUT2D eigenvalue weighted by Gasteiger charge is -2.26. The van der Waals surface area contributed by atoms with Crippen molar-refractivity contribution in [2.75, 3.05) is 6.54 Å². The second-order valence-corrected chi connectivity index (χ2v) is 6.72. The maximum atomic E-state index is 12.4. The summed E-state index contributed by atoms with van der Waals surface area (Å²) in [5.74, 6) is 0.913. The zero-order valence-corrected chi connectivity index (χ0v) is 13.9. The van der Waals surface area contributed by atoms with Crippen molar-refractivity contribution in [1.82, 2.24) is 10.2 Å². The van der Waals surface area contributed by atoms with Crippen molar-refractivity contribution in [3.05, 3.63) is 34.9 Å². The van der Waals surface area contributed by atoms with E-state index in [0.717, 1.165) is 19.4 Å². The summed E-state index contributed by atoms with van der Waals surface area (Å²) in [6.45, 7) is 11.5. The maximum Gasteiger partial charge on any atom is 0.241 e. The summed E-state index contributed by atoms with van der Waals surface area (Å²) in [5, 5.41) is 3.44. The number of benzene rings is 1. The predicted molar refractivity (Wildman–Crippen MR) is 87.0 cm³/mol. The molecule has 0 radical (unpaired) electrons. The third-order valence-electron chi connectivity index (χ3n) is 4.27. The van der Waals surface area contributed by atoms with Crippen molar-refractivity contribution >= 4 is 5.91 Å². The standard InChI is InChI=1S/C18H28N2O/c1-12(2)7-6-10-20-17(19-15(5)18(20)21)16-9-8-13(3)11-14(16)4/h8-9,11-12,15,17,19H,6-7,10H2,1-5H3. The van der Waals surface area contributed by atoms with Crippen molar-refractivity contribution in [2.24, 2.45) is 5.92 Å². The molecular formula is C18H28N2O. The molecule has 1 aromatic carbocycles. The number of carbonyl (C=O) groups excluding carboxylic acids is 1. The quantitative estimate of drug-likeness (QED) is 0.898. The summed E-state index contributed by atoms with van der Waals surface area (Å²) in [6.07, 6.45) is 2.26. The fraction of sp³-hybridized carbons (Fsp3) is 0.611. The van der Waals surface area contributed by atoms with Gasteiger partial charge in [0.05, 0.1) is 6.04 Å². The molecule has 2 atom stereocenters. The monoisotopic (exact) mass is 288 g/mol. The number of nitrogens with one attached hydrogen (secondary N) is 1. The molecule has 1 heterocycles. The number of rotatable bonds is 5. The van der Waals surface area contributed by atoms with Crippen LogP contribution < -0.4 is 5.32 Å². The molecule has 0 spiro atoms. The zero-order valence-electron chi connectivity index (χ0n) is 13.9. The van der Waals surface area contributed by atoms with Gasteiger partial charge in [-0.3, -0.25) is 10.1 Å². The molecule has 1 aliphatic heterocycles. The fourth-order valence-corrected chi connectivity index (χ4v) is 3.07. The number of nitrogens with zero attached hydrogens (tertiary/aromatic N) is 1. The highest BCUT2D eigenvalue weighted by atomic mass is 16.2. The molecule has 21 heavy (non-hydrogen) atoms. The Balaban J connectivity index is 2.17. The largest absolute Gasteiger partial charge is 0.322 e. The van der Waals surface area contributed by atoms with Crippen molar-refractivity contribution < 1.29 is 4.79 Å². The Morgan fingerprint density at radius 2 is 2.00 bits per heavy atom. The third kappa shape index (κ3) is 3.65. The van der Waals surface area contributed by atoms with E-state index in [0.29, 0.717) is 5.92 Å². The van der Waals surface area contributed by atoms with Crippen molar-refractivity contribution in [1.29, 1.82) is 0 Å². The van der Waals surface area contributed by atoms with E-state index in [-0.39, 0.29) is 18.1 Å². The minimum atomic E-state index is -0.0882. The molecule has 3 heteroatoms. The van der Waals surface area contributed by atoms with Gasteiger partial charge >= 0.3 is 0 Å². The van der Waals surface area contributed by atoms with E-state index in [4.69, 9.17) is 0 Å². The molecule has 3 nitrogen and oxygen atoms in total. The molecule has 1 amide bonds. The van der Waals surface area contributed by atoms with Gasteiger partial charge in [0.2, 0.25) is 5.91 Å². The van der Waals surface area contributed by atoms with Crippen molar-refractivity contribution in [3.8, 4) is 0 Å². The number of amides is 1. The summed E-state index contributed by atoms with van der Waals surface area (Å²) >= 11 is 0. The number of hydrogen-bond donors (Lipinski definition) is 1. The van der Waals surface area contributed by atoms with E-state index in [2.05, 4.69) is 51.2 Å². The van der Waals surface area contributed by atoms with Crippen LogP contribution in [-0.2, 0) is 4.79 Å². The molecule has 0 aliphatic carbocycles. The van der Waals surface area contributed by atoms with E-state index in [1.807, 2.05) is 11.8 Å². The van der Waals surface area contributed by atoms with Gasteiger partial charge in [-0.1, -0.05) is 37.6 Å². The van der Waals surface area contributed by atoms with Gasteiger partial charge in [0, 0.05) is 6.54 Å². The van der Waals surface area contributed by atoms with Crippen LogP contribution in [-0.4, -0.2) is 23.4 Å². The van der Waals surface area contributed by atoms with E-state index in [1.54, 1.807) is 0 Å². The van der Waals surface area contributed by atoms with E-state index in [1.165, 1.54) is 16.7 Å². The number of carbonyl (C=O) groups is 1. The van der Waals surface area contributed by atoms with Gasteiger partial charge < -0.3 is 4.90 Å². The molecule has 2 rings (SSSR count). The van der Waals surface area contributed by atoms with Crippen LogP contribution in [0.25, 0.3) is 0 Å². The van der Waals surface area contributed by atoms with Crippen LogP contribution in [0.15, 0.2) is 18.2 Å². The zero-order chi connectivity index (χ0) is 15.6. The highest BCUT2D eigenvalue weighted by Crippen LogP contribution is 2.28. The van der Waals surface area contributed by atoms with Gasteiger partial charge in [0.15, 0.2) is 0 Å². The molecule has 1 saturated heterocycles. The van der Waals surface area contributed by atoms with E-state index < -0.39 is 0 Å². The van der Waals surface area contributed by atoms with Crippen molar-refractivity contribution in [3.63, 3.8) is 0 Å². The van der Waals surface area contributed by atoms with Crippen LogP contribution in [0.4, 0.5) is 0 Å². The summed E-state index contributed by atoms with van der Waals surface area (Å²) in [5.41, 5.74) is 3.74. The van der Waals surface area contributed by atoms with Crippen molar-refractivity contribution in [2.45, 2.75) is 59.7 Å². The normalized spacial score (nSPS) is 22.4. The van der Waals surface area contributed by atoms with Gasteiger partial charge in [-0.15, -0.1) is 0 Å². The highest BCUT2D eigenvalue weighted by Gasteiger charge is 2.37. The minimum absolute atomic E-state index is 0.0280. The van der Waals surface area contributed by atoms with Crippen LogP contribution in [0, 0.1) is 19.8 Å². The Bertz CT molecular complexity index is 510. The van der Waals surface area contributed by atoms with Crippen LogP contribution in [0.1, 0.15) is 56.5 Å².